The topological polar surface area (TPSA) is 61.8 Å². The SMILES string of the molecule is CN=C(NCc1ccnc(OC)c1)NC(C)c1cccc(N2CCCC2)c1. The average molecular weight is 367 g/mol. The number of benzene rings is 1. The van der Waals surface area contributed by atoms with Crippen LogP contribution in [-0.4, -0.2) is 38.2 Å². The molecule has 0 saturated carbocycles. The number of methoxy groups -OCH3 is 1. The summed E-state index contributed by atoms with van der Waals surface area (Å²) in [6.45, 7) is 5.12. The molecular formula is C21H29N5O. The van der Waals surface area contributed by atoms with Gasteiger partial charge in [-0.05, 0) is 49.1 Å². The molecule has 1 atom stereocenters. The van der Waals surface area contributed by atoms with Crippen LogP contribution in [0, 0.1) is 0 Å². The second-order valence-electron chi connectivity index (χ2n) is 6.79. The lowest BCUT2D eigenvalue weighted by Crippen LogP contribution is -2.38. The van der Waals surface area contributed by atoms with Crippen molar-refractivity contribution in [3.8, 4) is 5.88 Å². The minimum atomic E-state index is 0.158. The third-order valence-corrected chi connectivity index (χ3v) is 4.89. The Bertz CT molecular complexity index is 771. The fraction of sp³-hybridized carbons (Fsp3) is 0.429. The predicted octanol–water partition coefficient (Wildman–Crippen LogP) is 3.12. The van der Waals surface area contributed by atoms with E-state index in [0.29, 0.717) is 12.4 Å². The molecule has 0 spiro atoms. The lowest BCUT2D eigenvalue weighted by Gasteiger charge is -2.22. The van der Waals surface area contributed by atoms with E-state index in [9.17, 15) is 0 Å². The summed E-state index contributed by atoms with van der Waals surface area (Å²) in [5.41, 5.74) is 3.66. The number of aromatic nitrogens is 1. The molecule has 2 heterocycles. The van der Waals surface area contributed by atoms with Crippen LogP contribution in [0.5, 0.6) is 5.88 Å². The van der Waals surface area contributed by atoms with Gasteiger partial charge in [-0.25, -0.2) is 4.98 Å². The maximum absolute atomic E-state index is 5.17. The van der Waals surface area contributed by atoms with Crippen molar-refractivity contribution in [2.24, 2.45) is 4.99 Å². The van der Waals surface area contributed by atoms with Crippen molar-refractivity contribution in [2.45, 2.75) is 32.4 Å². The number of nitrogens with zero attached hydrogens (tertiary/aromatic N) is 3. The molecule has 1 aromatic carbocycles. The Labute approximate surface area is 161 Å². The lowest BCUT2D eigenvalue weighted by atomic mass is 10.1. The molecule has 0 radical (unpaired) electrons. The first kappa shape index (κ1) is 19.0. The molecule has 1 aromatic heterocycles. The fourth-order valence-electron chi connectivity index (χ4n) is 3.31. The highest BCUT2D eigenvalue weighted by molar-refractivity contribution is 5.80. The van der Waals surface area contributed by atoms with Gasteiger partial charge < -0.3 is 20.3 Å². The minimum absolute atomic E-state index is 0.158. The van der Waals surface area contributed by atoms with E-state index in [-0.39, 0.29) is 6.04 Å². The summed E-state index contributed by atoms with van der Waals surface area (Å²) >= 11 is 0. The van der Waals surface area contributed by atoms with Gasteiger partial charge in [0.2, 0.25) is 5.88 Å². The summed E-state index contributed by atoms with van der Waals surface area (Å²) < 4.78 is 5.17. The summed E-state index contributed by atoms with van der Waals surface area (Å²) in [6, 6.07) is 12.8. The van der Waals surface area contributed by atoms with Crippen LogP contribution in [0.15, 0.2) is 47.6 Å². The van der Waals surface area contributed by atoms with E-state index >= 15 is 0 Å². The van der Waals surface area contributed by atoms with Crippen LogP contribution in [0.4, 0.5) is 5.69 Å². The van der Waals surface area contributed by atoms with Crippen LogP contribution >= 0.6 is 0 Å². The molecule has 2 N–H and O–H groups in total. The van der Waals surface area contributed by atoms with Gasteiger partial charge in [0.15, 0.2) is 5.96 Å². The van der Waals surface area contributed by atoms with Gasteiger partial charge in [-0.15, -0.1) is 0 Å². The van der Waals surface area contributed by atoms with E-state index < -0.39 is 0 Å². The molecule has 6 heteroatoms. The van der Waals surface area contributed by atoms with Gasteiger partial charge in [-0.1, -0.05) is 12.1 Å². The smallest absolute Gasteiger partial charge is 0.213 e. The van der Waals surface area contributed by atoms with Crippen molar-refractivity contribution in [3.63, 3.8) is 0 Å². The van der Waals surface area contributed by atoms with Gasteiger partial charge in [-0.2, -0.15) is 0 Å². The molecule has 1 aliphatic heterocycles. The van der Waals surface area contributed by atoms with Crippen molar-refractivity contribution in [1.29, 1.82) is 0 Å². The molecule has 3 rings (SSSR count). The number of rotatable bonds is 6. The molecule has 144 valence electrons. The van der Waals surface area contributed by atoms with Crippen LogP contribution in [0.3, 0.4) is 0 Å². The highest BCUT2D eigenvalue weighted by atomic mass is 16.5. The van der Waals surface area contributed by atoms with Crippen molar-refractivity contribution in [2.75, 3.05) is 32.1 Å². The van der Waals surface area contributed by atoms with Gasteiger partial charge in [-0.3, -0.25) is 4.99 Å². The first-order valence-electron chi connectivity index (χ1n) is 9.50. The highest BCUT2D eigenvalue weighted by Crippen LogP contribution is 2.23. The van der Waals surface area contributed by atoms with Crippen LogP contribution in [0.25, 0.3) is 0 Å². The van der Waals surface area contributed by atoms with E-state index in [2.05, 4.69) is 56.7 Å². The number of guanidine groups is 1. The summed E-state index contributed by atoms with van der Waals surface area (Å²) in [5.74, 6) is 1.38. The van der Waals surface area contributed by atoms with Gasteiger partial charge in [0, 0.05) is 44.6 Å². The van der Waals surface area contributed by atoms with Crippen molar-refractivity contribution >= 4 is 11.6 Å². The second-order valence-corrected chi connectivity index (χ2v) is 6.79. The Morgan fingerprint density at radius 2 is 2.07 bits per heavy atom. The van der Waals surface area contributed by atoms with Crippen LogP contribution < -0.4 is 20.3 Å². The van der Waals surface area contributed by atoms with E-state index in [1.807, 2.05) is 12.1 Å². The monoisotopic (exact) mass is 367 g/mol. The highest BCUT2D eigenvalue weighted by Gasteiger charge is 2.14. The number of pyridine rings is 1. The molecule has 0 bridgehead atoms. The van der Waals surface area contributed by atoms with Crippen LogP contribution in [-0.2, 0) is 6.54 Å². The number of nitrogens with one attached hydrogen (secondary N) is 2. The summed E-state index contributed by atoms with van der Waals surface area (Å²) in [7, 11) is 3.41. The molecule has 6 nitrogen and oxygen atoms in total. The number of aliphatic imine (C=N–C) groups is 1. The van der Waals surface area contributed by atoms with E-state index in [1.54, 1.807) is 20.4 Å². The molecule has 1 aliphatic rings. The first-order chi connectivity index (χ1) is 13.2. The molecule has 0 amide bonds. The molecular weight excluding hydrogens is 338 g/mol. The lowest BCUT2D eigenvalue weighted by molar-refractivity contribution is 0.397. The van der Waals surface area contributed by atoms with Gasteiger partial charge >= 0.3 is 0 Å². The average Bonchev–Trinajstić information content (AvgIpc) is 3.26. The number of hydrogen-bond acceptors (Lipinski definition) is 4. The Hall–Kier alpha value is -2.76. The summed E-state index contributed by atoms with van der Waals surface area (Å²) in [5, 5.41) is 6.83. The Morgan fingerprint density at radius 3 is 2.81 bits per heavy atom. The Balaban J connectivity index is 1.59. The maximum atomic E-state index is 5.17. The number of ether oxygens (including phenoxy) is 1. The zero-order valence-electron chi connectivity index (χ0n) is 16.4. The third kappa shape index (κ3) is 5.12. The summed E-state index contributed by atoms with van der Waals surface area (Å²) in [4.78, 5) is 10.9. The molecule has 2 aromatic rings. The van der Waals surface area contributed by atoms with E-state index in [0.717, 1.165) is 24.6 Å². The standard InChI is InChI=1S/C21H29N5O/c1-16(18-7-6-8-19(14-18)26-11-4-5-12-26)25-21(22-2)24-15-17-9-10-23-20(13-17)27-3/h6-10,13-14,16H,4-5,11-12,15H2,1-3H3,(H2,22,24,25). The van der Waals surface area contributed by atoms with Gasteiger partial charge in [0.05, 0.1) is 13.2 Å². The zero-order chi connectivity index (χ0) is 19.1. The summed E-state index contributed by atoms with van der Waals surface area (Å²) in [6.07, 6.45) is 4.32. The molecule has 27 heavy (non-hydrogen) atoms. The number of anilines is 1. The van der Waals surface area contributed by atoms with Gasteiger partial charge in [0.25, 0.3) is 0 Å². The fourth-order valence-corrected chi connectivity index (χ4v) is 3.31. The van der Waals surface area contributed by atoms with Crippen LogP contribution in [0.1, 0.15) is 36.9 Å². The maximum Gasteiger partial charge on any atom is 0.213 e. The van der Waals surface area contributed by atoms with Crippen molar-refractivity contribution < 1.29 is 4.74 Å². The van der Waals surface area contributed by atoms with Crippen molar-refractivity contribution in [3.05, 3.63) is 53.7 Å². The number of hydrogen-bond donors (Lipinski definition) is 2. The Morgan fingerprint density at radius 1 is 1.26 bits per heavy atom. The molecule has 1 unspecified atom stereocenters. The third-order valence-electron chi connectivity index (χ3n) is 4.89. The Kier molecular flexibility index (Phi) is 6.52. The molecule has 0 aliphatic carbocycles. The van der Waals surface area contributed by atoms with Crippen LogP contribution in [0.2, 0.25) is 0 Å². The zero-order valence-corrected chi connectivity index (χ0v) is 16.4. The predicted molar refractivity (Wildman–Crippen MR) is 110 cm³/mol. The van der Waals surface area contributed by atoms with E-state index in [1.165, 1.54) is 24.1 Å². The molecule has 1 saturated heterocycles. The molecule has 1 fully saturated rings. The largest absolute Gasteiger partial charge is 0.481 e. The van der Waals surface area contributed by atoms with Crippen molar-refractivity contribution in [1.82, 2.24) is 15.6 Å². The van der Waals surface area contributed by atoms with E-state index in [4.69, 9.17) is 4.74 Å². The first-order valence-corrected chi connectivity index (χ1v) is 9.50. The normalized spacial score (nSPS) is 15.5. The van der Waals surface area contributed by atoms with Gasteiger partial charge in [0.1, 0.15) is 0 Å². The second kappa shape index (κ2) is 9.26. The quantitative estimate of drug-likeness (QED) is 0.607. The minimum Gasteiger partial charge on any atom is -0.481 e.